The van der Waals surface area contributed by atoms with Crippen LogP contribution in [0.25, 0.3) is 5.65 Å². The van der Waals surface area contributed by atoms with Crippen molar-refractivity contribution in [2.24, 2.45) is 4.99 Å². The normalized spacial score (nSPS) is 11.6. The predicted octanol–water partition coefficient (Wildman–Crippen LogP) is 1.06. The number of anilines is 1. The van der Waals surface area contributed by atoms with Crippen molar-refractivity contribution >= 4 is 17.4 Å². The molecule has 130 valence electrons. The summed E-state index contributed by atoms with van der Waals surface area (Å²) in [7, 11) is 5.71. The second-order valence-corrected chi connectivity index (χ2v) is 5.70. The number of rotatable bonds is 5. The van der Waals surface area contributed by atoms with Gasteiger partial charge < -0.3 is 15.5 Å². The summed E-state index contributed by atoms with van der Waals surface area (Å²) in [5.41, 5.74) is 1.93. The van der Waals surface area contributed by atoms with E-state index in [1.807, 2.05) is 53.9 Å². The highest BCUT2D eigenvalue weighted by Gasteiger charge is 2.08. The van der Waals surface area contributed by atoms with E-state index in [1.165, 1.54) is 0 Å². The number of hydrogen-bond donors (Lipinski definition) is 2. The lowest BCUT2D eigenvalue weighted by molar-refractivity contribution is 0.761. The minimum atomic E-state index is 0.526. The summed E-state index contributed by atoms with van der Waals surface area (Å²) in [6.07, 6.45) is 3.74. The van der Waals surface area contributed by atoms with Gasteiger partial charge in [0.2, 0.25) is 0 Å². The van der Waals surface area contributed by atoms with Crippen LogP contribution in [-0.2, 0) is 13.1 Å². The minimum Gasteiger partial charge on any atom is -0.362 e. The number of guanidine groups is 1. The van der Waals surface area contributed by atoms with Gasteiger partial charge >= 0.3 is 0 Å². The van der Waals surface area contributed by atoms with Gasteiger partial charge in [-0.2, -0.15) is 0 Å². The minimum absolute atomic E-state index is 0.526. The maximum absolute atomic E-state index is 4.41. The highest BCUT2D eigenvalue weighted by Crippen LogP contribution is 2.13. The molecule has 0 fully saturated rings. The fourth-order valence-electron chi connectivity index (χ4n) is 2.54. The average Bonchev–Trinajstić information content (AvgIpc) is 3.05. The van der Waals surface area contributed by atoms with Crippen LogP contribution in [0.3, 0.4) is 0 Å². The molecule has 2 N–H and O–H groups in total. The van der Waals surface area contributed by atoms with Crippen LogP contribution in [0.4, 0.5) is 5.82 Å². The zero-order valence-electron chi connectivity index (χ0n) is 14.6. The Morgan fingerprint density at radius 1 is 1.12 bits per heavy atom. The van der Waals surface area contributed by atoms with E-state index in [2.05, 4.69) is 36.9 Å². The molecule has 0 atom stereocenters. The molecule has 8 heteroatoms. The highest BCUT2D eigenvalue weighted by atomic mass is 15.3. The van der Waals surface area contributed by atoms with Crippen LogP contribution in [0.15, 0.2) is 47.7 Å². The van der Waals surface area contributed by atoms with Gasteiger partial charge in [-0.3, -0.25) is 9.39 Å². The molecule has 25 heavy (non-hydrogen) atoms. The van der Waals surface area contributed by atoms with Gasteiger partial charge in [0.1, 0.15) is 5.82 Å². The van der Waals surface area contributed by atoms with Gasteiger partial charge in [-0.1, -0.05) is 12.1 Å². The number of fused-ring (bicyclic) bond motifs is 1. The molecular formula is C17H22N8. The van der Waals surface area contributed by atoms with Crippen LogP contribution in [0.5, 0.6) is 0 Å². The van der Waals surface area contributed by atoms with Gasteiger partial charge in [0.15, 0.2) is 17.4 Å². The van der Waals surface area contributed by atoms with Crippen molar-refractivity contribution in [1.82, 2.24) is 30.2 Å². The summed E-state index contributed by atoms with van der Waals surface area (Å²) in [5, 5.41) is 14.9. The Balaban J connectivity index is 1.62. The monoisotopic (exact) mass is 338 g/mol. The van der Waals surface area contributed by atoms with Crippen LogP contribution in [0, 0.1) is 0 Å². The van der Waals surface area contributed by atoms with E-state index in [0.29, 0.717) is 19.0 Å². The second-order valence-electron chi connectivity index (χ2n) is 5.70. The number of hydrogen-bond acceptors (Lipinski definition) is 5. The SMILES string of the molecule is CN=C(NCc1cccnc1N(C)C)NCc1nnc2ccccn12. The maximum Gasteiger partial charge on any atom is 0.191 e. The third kappa shape index (κ3) is 3.85. The third-order valence-electron chi connectivity index (χ3n) is 3.76. The molecule has 0 saturated heterocycles. The zero-order chi connectivity index (χ0) is 17.6. The molecule has 3 aromatic rings. The Morgan fingerprint density at radius 2 is 1.96 bits per heavy atom. The quantitative estimate of drug-likeness (QED) is 0.535. The Bertz CT molecular complexity index is 868. The Kier molecular flexibility index (Phi) is 5.08. The molecule has 0 saturated carbocycles. The fraction of sp³-hybridized carbons (Fsp3) is 0.294. The lowest BCUT2D eigenvalue weighted by atomic mass is 10.2. The van der Waals surface area contributed by atoms with Crippen LogP contribution in [-0.4, -0.2) is 46.7 Å². The van der Waals surface area contributed by atoms with Crippen LogP contribution in [0.1, 0.15) is 11.4 Å². The zero-order valence-corrected chi connectivity index (χ0v) is 14.6. The number of nitrogens with one attached hydrogen (secondary N) is 2. The van der Waals surface area contributed by atoms with Gasteiger partial charge in [-0.05, 0) is 18.2 Å². The molecule has 0 aliphatic carbocycles. The van der Waals surface area contributed by atoms with E-state index in [-0.39, 0.29) is 0 Å². The molecule has 0 bridgehead atoms. The third-order valence-corrected chi connectivity index (χ3v) is 3.76. The molecule has 0 radical (unpaired) electrons. The summed E-state index contributed by atoms with van der Waals surface area (Å²) in [6.45, 7) is 1.15. The van der Waals surface area contributed by atoms with E-state index < -0.39 is 0 Å². The lowest BCUT2D eigenvalue weighted by Crippen LogP contribution is -2.37. The molecule has 0 amide bonds. The standard InChI is InChI=1S/C17H22N8/c1-18-17(20-11-13-7-6-9-19-16(13)24(2)3)21-12-15-23-22-14-8-4-5-10-25(14)15/h4-10H,11-12H2,1-3H3,(H2,18,20,21). The van der Waals surface area contributed by atoms with E-state index in [1.54, 1.807) is 13.2 Å². The van der Waals surface area contributed by atoms with Gasteiger partial charge in [0.05, 0.1) is 6.54 Å². The number of aromatic nitrogens is 4. The first-order valence-corrected chi connectivity index (χ1v) is 8.03. The molecular weight excluding hydrogens is 316 g/mol. The van der Waals surface area contributed by atoms with Crippen molar-refractivity contribution in [2.45, 2.75) is 13.1 Å². The molecule has 3 heterocycles. The molecule has 3 aromatic heterocycles. The maximum atomic E-state index is 4.41. The molecule has 0 unspecified atom stereocenters. The highest BCUT2D eigenvalue weighted by molar-refractivity contribution is 5.79. The lowest BCUT2D eigenvalue weighted by Gasteiger charge is -2.17. The molecule has 0 aliphatic rings. The second kappa shape index (κ2) is 7.61. The van der Waals surface area contributed by atoms with Crippen LogP contribution in [0.2, 0.25) is 0 Å². The van der Waals surface area contributed by atoms with Crippen molar-refractivity contribution in [3.8, 4) is 0 Å². The smallest absolute Gasteiger partial charge is 0.191 e. The Labute approximate surface area is 146 Å². The van der Waals surface area contributed by atoms with E-state index in [4.69, 9.17) is 0 Å². The van der Waals surface area contributed by atoms with Crippen LogP contribution < -0.4 is 15.5 Å². The first-order chi connectivity index (χ1) is 12.2. The number of aliphatic imine (C=N–C) groups is 1. The van der Waals surface area contributed by atoms with Gasteiger partial charge in [0.25, 0.3) is 0 Å². The van der Waals surface area contributed by atoms with Crippen molar-refractivity contribution in [3.05, 3.63) is 54.1 Å². The van der Waals surface area contributed by atoms with Gasteiger partial charge in [0, 0.05) is 45.6 Å². The molecule has 0 aromatic carbocycles. The van der Waals surface area contributed by atoms with E-state index >= 15 is 0 Å². The summed E-state index contributed by atoms with van der Waals surface area (Å²) < 4.78 is 1.95. The molecule has 0 spiro atoms. The molecule has 3 rings (SSSR count). The Hall–Kier alpha value is -3.16. The fourth-order valence-corrected chi connectivity index (χ4v) is 2.54. The van der Waals surface area contributed by atoms with Crippen molar-refractivity contribution in [2.75, 3.05) is 26.0 Å². The molecule has 0 aliphatic heterocycles. The van der Waals surface area contributed by atoms with Crippen molar-refractivity contribution in [1.29, 1.82) is 0 Å². The predicted molar refractivity (Wildman–Crippen MR) is 98.6 cm³/mol. The molecule has 8 nitrogen and oxygen atoms in total. The average molecular weight is 338 g/mol. The first kappa shape index (κ1) is 16.7. The van der Waals surface area contributed by atoms with Crippen LogP contribution >= 0.6 is 0 Å². The topological polar surface area (TPSA) is 82.7 Å². The Morgan fingerprint density at radius 3 is 2.76 bits per heavy atom. The summed E-state index contributed by atoms with van der Waals surface area (Å²) in [5.74, 6) is 2.46. The van der Waals surface area contributed by atoms with Gasteiger partial charge in [-0.25, -0.2) is 4.98 Å². The summed E-state index contributed by atoms with van der Waals surface area (Å²) >= 11 is 0. The van der Waals surface area contributed by atoms with E-state index in [9.17, 15) is 0 Å². The number of pyridine rings is 2. The van der Waals surface area contributed by atoms with E-state index in [0.717, 1.165) is 22.9 Å². The van der Waals surface area contributed by atoms with Crippen molar-refractivity contribution in [3.63, 3.8) is 0 Å². The van der Waals surface area contributed by atoms with Crippen molar-refractivity contribution < 1.29 is 0 Å². The largest absolute Gasteiger partial charge is 0.362 e. The summed E-state index contributed by atoms with van der Waals surface area (Å²) in [4.78, 5) is 10.7. The first-order valence-electron chi connectivity index (χ1n) is 8.03. The summed E-state index contributed by atoms with van der Waals surface area (Å²) in [6, 6.07) is 9.81. The number of nitrogens with zero attached hydrogens (tertiary/aromatic N) is 6. The van der Waals surface area contributed by atoms with Gasteiger partial charge in [-0.15, -0.1) is 10.2 Å².